The van der Waals surface area contributed by atoms with Crippen molar-refractivity contribution in [3.05, 3.63) is 46.1 Å². The van der Waals surface area contributed by atoms with Gasteiger partial charge in [0.1, 0.15) is 17.5 Å². The first kappa shape index (κ1) is 12.4. The van der Waals surface area contributed by atoms with Crippen LogP contribution in [0.1, 0.15) is 16.1 Å². The summed E-state index contributed by atoms with van der Waals surface area (Å²) in [6, 6.07) is 3.14. The molecule has 0 aliphatic heterocycles. The minimum absolute atomic E-state index is 0.241. The summed E-state index contributed by atoms with van der Waals surface area (Å²) in [5.41, 5.74) is -0.165. The minimum Gasteiger partial charge on any atom is -0.477 e. The molecule has 0 fully saturated rings. The summed E-state index contributed by atoms with van der Waals surface area (Å²) in [4.78, 5) is 31.8. The Hall–Kier alpha value is -2.61. The van der Waals surface area contributed by atoms with Gasteiger partial charge in [0.15, 0.2) is 0 Å². The van der Waals surface area contributed by atoms with Gasteiger partial charge < -0.3 is 5.11 Å². The van der Waals surface area contributed by atoms with E-state index >= 15 is 0 Å². The van der Waals surface area contributed by atoms with Crippen molar-refractivity contribution < 1.29 is 9.90 Å². The third-order valence-corrected chi connectivity index (χ3v) is 3.57. The average Bonchev–Trinajstić information content (AvgIpc) is 2.92. The van der Waals surface area contributed by atoms with Crippen LogP contribution < -0.4 is 5.43 Å². The Morgan fingerprint density at radius 1 is 1.40 bits per heavy atom. The van der Waals surface area contributed by atoms with Crippen molar-refractivity contribution in [1.29, 1.82) is 0 Å². The Morgan fingerprint density at radius 2 is 2.20 bits per heavy atom. The average molecular weight is 288 g/mol. The molecule has 0 aliphatic rings. The zero-order chi connectivity index (χ0) is 14.3. The van der Waals surface area contributed by atoms with E-state index in [1.807, 2.05) is 0 Å². The molecule has 0 spiro atoms. The molecule has 100 valence electrons. The predicted molar refractivity (Wildman–Crippen MR) is 72.5 cm³/mol. The molecule has 0 saturated heterocycles. The van der Waals surface area contributed by atoms with E-state index in [-0.39, 0.29) is 16.6 Å². The summed E-state index contributed by atoms with van der Waals surface area (Å²) in [5, 5.41) is 9.97. The van der Waals surface area contributed by atoms with E-state index in [1.165, 1.54) is 10.9 Å². The number of aromatic nitrogens is 4. The molecule has 3 aromatic rings. The van der Waals surface area contributed by atoms with Crippen LogP contribution in [0.5, 0.6) is 0 Å². The van der Waals surface area contributed by atoms with Gasteiger partial charge >= 0.3 is 5.97 Å². The number of rotatable bonds is 2. The quantitative estimate of drug-likeness (QED) is 0.762. The summed E-state index contributed by atoms with van der Waals surface area (Å²) < 4.78 is 5.44. The van der Waals surface area contributed by atoms with Gasteiger partial charge in [0.2, 0.25) is 10.6 Å². The molecule has 0 amide bonds. The van der Waals surface area contributed by atoms with Gasteiger partial charge in [0.05, 0.1) is 5.39 Å². The first-order valence-corrected chi connectivity index (χ1v) is 6.39. The molecule has 1 N–H and O–H groups in total. The van der Waals surface area contributed by atoms with Crippen LogP contribution in [0.25, 0.3) is 16.2 Å². The molecule has 7 nitrogen and oxygen atoms in total. The van der Waals surface area contributed by atoms with E-state index in [9.17, 15) is 14.7 Å². The lowest BCUT2D eigenvalue weighted by Gasteiger charge is -2.12. The number of aromatic carboxylic acids is 1. The molecule has 0 unspecified atom stereocenters. The van der Waals surface area contributed by atoms with Crippen LogP contribution in [0.2, 0.25) is 0 Å². The van der Waals surface area contributed by atoms with Gasteiger partial charge in [-0.25, -0.2) is 14.8 Å². The first-order valence-electron chi connectivity index (χ1n) is 5.62. The molecule has 20 heavy (non-hydrogen) atoms. The maximum atomic E-state index is 12.2. The third kappa shape index (κ3) is 1.69. The fraction of sp³-hybridized carbons (Fsp3) is 0.0833. The predicted octanol–water partition coefficient (Wildman–Crippen LogP) is 1.24. The van der Waals surface area contributed by atoms with Crippen molar-refractivity contribution in [3.63, 3.8) is 0 Å². The fourth-order valence-electron chi connectivity index (χ4n) is 2.07. The number of pyridine rings is 2. The minimum atomic E-state index is -1.27. The SMILES string of the molecule is Cc1c(C(=O)O)c(=O)c2cccnc2n1-c1ncns1. The van der Waals surface area contributed by atoms with Gasteiger partial charge in [-0.1, -0.05) is 0 Å². The molecule has 8 heteroatoms. The Bertz CT molecular complexity index is 870. The number of carboxylic acids is 1. The van der Waals surface area contributed by atoms with E-state index in [0.29, 0.717) is 10.8 Å². The Morgan fingerprint density at radius 3 is 2.85 bits per heavy atom. The highest BCUT2D eigenvalue weighted by atomic mass is 32.1. The van der Waals surface area contributed by atoms with Crippen molar-refractivity contribution in [2.24, 2.45) is 0 Å². The van der Waals surface area contributed by atoms with Crippen LogP contribution in [-0.4, -0.2) is 30.0 Å². The van der Waals surface area contributed by atoms with Crippen LogP contribution >= 0.6 is 11.5 Å². The molecule has 0 aromatic carbocycles. The van der Waals surface area contributed by atoms with Gasteiger partial charge in [0, 0.05) is 23.4 Å². The monoisotopic (exact) mass is 288 g/mol. The van der Waals surface area contributed by atoms with Crippen molar-refractivity contribution in [2.75, 3.05) is 0 Å². The molecule has 0 radical (unpaired) electrons. The number of hydrogen-bond acceptors (Lipinski definition) is 6. The van der Waals surface area contributed by atoms with Crippen LogP contribution in [0, 0.1) is 6.92 Å². The lowest BCUT2D eigenvalue weighted by Crippen LogP contribution is -2.22. The number of nitrogens with zero attached hydrogens (tertiary/aromatic N) is 4. The topological polar surface area (TPSA) is 98.0 Å². The Kier molecular flexibility index (Phi) is 2.79. The summed E-state index contributed by atoms with van der Waals surface area (Å²) in [5.74, 6) is -1.27. The van der Waals surface area contributed by atoms with Gasteiger partial charge in [-0.2, -0.15) is 4.37 Å². The van der Waals surface area contributed by atoms with Crippen molar-refractivity contribution >= 4 is 28.5 Å². The maximum absolute atomic E-state index is 12.2. The van der Waals surface area contributed by atoms with Crippen molar-refractivity contribution in [1.82, 2.24) is 18.9 Å². The normalized spacial score (nSPS) is 10.8. The second kappa shape index (κ2) is 4.49. The highest BCUT2D eigenvalue weighted by Crippen LogP contribution is 2.20. The number of fused-ring (bicyclic) bond motifs is 1. The highest BCUT2D eigenvalue weighted by molar-refractivity contribution is 7.08. The molecule has 3 aromatic heterocycles. The summed E-state index contributed by atoms with van der Waals surface area (Å²) in [6.07, 6.45) is 2.91. The first-order chi connectivity index (χ1) is 9.61. The summed E-state index contributed by atoms with van der Waals surface area (Å²) in [7, 11) is 0. The van der Waals surface area contributed by atoms with E-state index in [4.69, 9.17) is 0 Å². The van der Waals surface area contributed by atoms with Gasteiger partial charge in [-0.15, -0.1) is 0 Å². The summed E-state index contributed by atoms with van der Waals surface area (Å²) >= 11 is 1.10. The van der Waals surface area contributed by atoms with Gasteiger partial charge in [0.25, 0.3) is 0 Å². The lowest BCUT2D eigenvalue weighted by molar-refractivity contribution is 0.0694. The molecule has 3 heterocycles. The maximum Gasteiger partial charge on any atom is 0.341 e. The van der Waals surface area contributed by atoms with E-state index in [2.05, 4.69) is 14.3 Å². The zero-order valence-electron chi connectivity index (χ0n) is 10.3. The highest BCUT2D eigenvalue weighted by Gasteiger charge is 2.21. The van der Waals surface area contributed by atoms with Crippen LogP contribution in [0.15, 0.2) is 29.5 Å². The summed E-state index contributed by atoms with van der Waals surface area (Å²) in [6.45, 7) is 1.56. The molecular formula is C12H8N4O3S. The second-order valence-corrected chi connectivity index (χ2v) is 4.79. The van der Waals surface area contributed by atoms with Gasteiger partial charge in [-0.05, 0) is 19.1 Å². The van der Waals surface area contributed by atoms with Crippen molar-refractivity contribution in [3.8, 4) is 5.13 Å². The molecule has 0 bridgehead atoms. The number of carboxylic acid groups (broad SMARTS) is 1. The van der Waals surface area contributed by atoms with E-state index in [0.717, 1.165) is 11.5 Å². The second-order valence-electron chi connectivity index (χ2n) is 4.03. The fourth-order valence-corrected chi connectivity index (χ4v) is 2.66. The number of carbonyl (C=O) groups is 1. The van der Waals surface area contributed by atoms with Crippen LogP contribution in [0.4, 0.5) is 0 Å². The molecule has 3 rings (SSSR count). The molecule has 0 saturated carbocycles. The lowest BCUT2D eigenvalue weighted by atomic mass is 10.1. The third-order valence-electron chi connectivity index (χ3n) is 2.92. The Balaban J connectivity index is 2.56. The Labute approximate surface area is 116 Å². The van der Waals surface area contributed by atoms with E-state index in [1.54, 1.807) is 25.3 Å². The van der Waals surface area contributed by atoms with Gasteiger partial charge in [-0.3, -0.25) is 9.36 Å². The molecular weight excluding hydrogens is 280 g/mol. The van der Waals surface area contributed by atoms with Crippen LogP contribution in [0.3, 0.4) is 0 Å². The molecule has 0 atom stereocenters. The van der Waals surface area contributed by atoms with Crippen LogP contribution in [-0.2, 0) is 0 Å². The number of hydrogen-bond donors (Lipinski definition) is 1. The largest absolute Gasteiger partial charge is 0.477 e. The smallest absolute Gasteiger partial charge is 0.341 e. The zero-order valence-corrected chi connectivity index (χ0v) is 11.1. The van der Waals surface area contributed by atoms with Crippen molar-refractivity contribution in [2.45, 2.75) is 6.92 Å². The van der Waals surface area contributed by atoms with E-state index < -0.39 is 11.4 Å². The molecule has 0 aliphatic carbocycles. The standard InChI is InChI=1S/C12H8N4O3S/c1-6-8(11(18)19)9(17)7-3-2-4-13-10(7)16(6)12-14-5-15-20-12/h2-5H,1H3,(H,18,19).